The minimum absolute atomic E-state index is 0.0473. The predicted octanol–water partition coefficient (Wildman–Crippen LogP) is 1.12. The molecule has 0 bridgehead atoms. The molecule has 0 saturated carbocycles. The molecule has 9 heteroatoms. The molecule has 1 saturated heterocycles. The lowest BCUT2D eigenvalue weighted by Crippen LogP contribution is -2.39. The third-order valence-electron chi connectivity index (χ3n) is 5.20. The van der Waals surface area contributed by atoms with Crippen molar-refractivity contribution in [2.75, 3.05) is 13.1 Å². The minimum atomic E-state index is 0.0473. The van der Waals surface area contributed by atoms with E-state index in [0.29, 0.717) is 18.7 Å². The molecule has 27 heavy (non-hydrogen) atoms. The number of carbonyl (C=O) groups excluding carboxylic acids is 1. The summed E-state index contributed by atoms with van der Waals surface area (Å²) in [4.78, 5) is 18.9. The second kappa shape index (κ2) is 6.98. The van der Waals surface area contributed by atoms with Crippen molar-refractivity contribution in [1.82, 2.24) is 39.0 Å². The fraction of sp³-hybridized carbons (Fsp3) is 0.500. The van der Waals surface area contributed by atoms with Gasteiger partial charge >= 0.3 is 0 Å². The lowest BCUT2D eigenvalue weighted by atomic mass is 9.96. The highest BCUT2D eigenvalue weighted by Crippen LogP contribution is 2.27. The fourth-order valence-corrected chi connectivity index (χ4v) is 3.76. The smallest absolute Gasteiger partial charge is 0.257 e. The van der Waals surface area contributed by atoms with E-state index < -0.39 is 0 Å². The van der Waals surface area contributed by atoms with E-state index in [1.165, 1.54) is 0 Å². The average Bonchev–Trinajstić information content (AvgIpc) is 3.37. The zero-order valence-electron chi connectivity index (χ0n) is 15.9. The van der Waals surface area contributed by atoms with Crippen molar-refractivity contribution in [1.29, 1.82) is 0 Å². The molecule has 3 aromatic rings. The molecule has 0 aliphatic carbocycles. The summed E-state index contributed by atoms with van der Waals surface area (Å²) in [5, 5.41) is 13.1. The summed E-state index contributed by atoms with van der Waals surface area (Å²) < 4.78 is 5.71. The maximum atomic E-state index is 12.9. The van der Waals surface area contributed by atoms with Crippen LogP contribution in [0.2, 0.25) is 0 Å². The molecule has 1 aliphatic heterocycles. The zero-order valence-corrected chi connectivity index (χ0v) is 15.9. The van der Waals surface area contributed by atoms with Crippen LogP contribution >= 0.6 is 0 Å². The summed E-state index contributed by atoms with van der Waals surface area (Å²) >= 11 is 0. The highest BCUT2D eigenvalue weighted by molar-refractivity contribution is 5.95. The van der Waals surface area contributed by atoms with Gasteiger partial charge in [-0.2, -0.15) is 5.10 Å². The molecular weight excluding hydrogens is 344 g/mol. The SMILES string of the molecule is Cc1nn(C)cc1C(=O)N1CCC[C@H](c2nnc(Cn3ccnc3)n2C)C1. The molecule has 3 aromatic heterocycles. The van der Waals surface area contributed by atoms with Gasteiger partial charge in [0.1, 0.15) is 5.82 Å². The van der Waals surface area contributed by atoms with Crippen molar-refractivity contribution >= 4 is 5.91 Å². The largest absolute Gasteiger partial charge is 0.338 e. The Morgan fingerprint density at radius 1 is 1.30 bits per heavy atom. The van der Waals surface area contributed by atoms with E-state index in [0.717, 1.165) is 36.7 Å². The Hall–Kier alpha value is -2.97. The quantitative estimate of drug-likeness (QED) is 0.689. The number of amides is 1. The van der Waals surface area contributed by atoms with Crippen molar-refractivity contribution < 1.29 is 4.79 Å². The Kier molecular flexibility index (Phi) is 4.51. The van der Waals surface area contributed by atoms with Gasteiger partial charge in [-0.3, -0.25) is 9.48 Å². The minimum Gasteiger partial charge on any atom is -0.338 e. The van der Waals surface area contributed by atoms with Crippen LogP contribution < -0.4 is 0 Å². The number of carbonyl (C=O) groups is 1. The van der Waals surface area contributed by atoms with Crippen LogP contribution in [-0.2, 0) is 20.6 Å². The molecule has 0 aromatic carbocycles. The van der Waals surface area contributed by atoms with Crippen LogP contribution in [0.3, 0.4) is 0 Å². The van der Waals surface area contributed by atoms with Crippen LogP contribution in [0.25, 0.3) is 0 Å². The molecular formula is C18H24N8O. The molecule has 9 nitrogen and oxygen atoms in total. The summed E-state index contributed by atoms with van der Waals surface area (Å²) in [6, 6.07) is 0. The first-order chi connectivity index (χ1) is 13.0. The van der Waals surface area contributed by atoms with Gasteiger partial charge in [0.25, 0.3) is 5.91 Å². The molecule has 4 heterocycles. The number of nitrogens with zero attached hydrogens (tertiary/aromatic N) is 8. The van der Waals surface area contributed by atoms with Gasteiger partial charge in [-0.05, 0) is 19.8 Å². The third-order valence-corrected chi connectivity index (χ3v) is 5.20. The standard InChI is InChI=1S/C18H24N8O/c1-13-15(10-23(2)22-13)18(27)26-7-4-5-14(9-26)17-21-20-16(24(17)3)11-25-8-6-19-12-25/h6,8,10,12,14H,4-5,7,9,11H2,1-3H3/t14-/m0/s1. The van der Waals surface area contributed by atoms with Crippen LogP contribution in [0.15, 0.2) is 24.9 Å². The fourth-order valence-electron chi connectivity index (χ4n) is 3.76. The van der Waals surface area contributed by atoms with Gasteiger partial charge < -0.3 is 14.0 Å². The van der Waals surface area contributed by atoms with E-state index >= 15 is 0 Å². The van der Waals surface area contributed by atoms with Crippen LogP contribution in [-0.4, -0.2) is 58.0 Å². The van der Waals surface area contributed by atoms with Crippen molar-refractivity contribution in [3.8, 4) is 0 Å². The van der Waals surface area contributed by atoms with Crippen LogP contribution in [0, 0.1) is 6.92 Å². The number of aryl methyl sites for hydroxylation is 2. The highest BCUT2D eigenvalue weighted by atomic mass is 16.2. The number of likely N-dealkylation sites (tertiary alicyclic amines) is 1. The molecule has 1 fully saturated rings. The lowest BCUT2D eigenvalue weighted by molar-refractivity contribution is 0.0702. The number of hydrogen-bond acceptors (Lipinski definition) is 5. The third kappa shape index (κ3) is 3.36. The van der Waals surface area contributed by atoms with Crippen molar-refractivity contribution in [2.24, 2.45) is 14.1 Å². The van der Waals surface area contributed by atoms with Crippen molar-refractivity contribution in [2.45, 2.75) is 32.2 Å². The second-order valence-electron chi connectivity index (χ2n) is 7.16. The van der Waals surface area contributed by atoms with Gasteiger partial charge in [0, 0.05) is 51.7 Å². The second-order valence-corrected chi connectivity index (χ2v) is 7.16. The first-order valence-corrected chi connectivity index (χ1v) is 9.16. The van der Waals surface area contributed by atoms with E-state index in [1.54, 1.807) is 23.4 Å². The molecule has 0 N–H and O–H groups in total. The first-order valence-electron chi connectivity index (χ1n) is 9.16. The van der Waals surface area contributed by atoms with Gasteiger partial charge in [-0.1, -0.05) is 0 Å². The lowest BCUT2D eigenvalue weighted by Gasteiger charge is -2.32. The topological polar surface area (TPSA) is 86.7 Å². The zero-order chi connectivity index (χ0) is 19.0. The molecule has 142 valence electrons. The Labute approximate surface area is 157 Å². The summed E-state index contributed by atoms with van der Waals surface area (Å²) in [6.45, 7) is 3.93. The number of imidazole rings is 1. The van der Waals surface area contributed by atoms with E-state index in [9.17, 15) is 4.79 Å². The van der Waals surface area contributed by atoms with Crippen molar-refractivity contribution in [3.63, 3.8) is 0 Å². The number of rotatable bonds is 4. The Morgan fingerprint density at radius 2 is 2.15 bits per heavy atom. The number of hydrogen-bond donors (Lipinski definition) is 0. The Balaban J connectivity index is 1.51. The van der Waals surface area contributed by atoms with Crippen LogP contribution in [0.5, 0.6) is 0 Å². The molecule has 0 radical (unpaired) electrons. The summed E-state index contributed by atoms with van der Waals surface area (Å²) in [6.07, 6.45) is 9.19. The van der Waals surface area contributed by atoms with Gasteiger partial charge in [-0.25, -0.2) is 4.98 Å². The van der Waals surface area contributed by atoms with Crippen LogP contribution in [0.1, 0.15) is 46.5 Å². The van der Waals surface area contributed by atoms with Gasteiger partial charge in [0.15, 0.2) is 5.82 Å². The Bertz CT molecular complexity index is 939. The predicted molar refractivity (Wildman–Crippen MR) is 98.2 cm³/mol. The normalized spacial score (nSPS) is 17.4. The van der Waals surface area contributed by atoms with E-state index in [4.69, 9.17) is 0 Å². The maximum absolute atomic E-state index is 12.9. The summed E-state index contributed by atoms with van der Waals surface area (Å²) in [5.41, 5.74) is 1.45. The van der Waals surface area contributed by atoms with Crippen molar-refractivity contribution in [3.05, 3.63) is 47.8 Å². The Morgan fingerprint density at radius 3 is 2.85 bits per heavy atom. The molecule has 1 amide bonds. The molecule has 4 rings (SSSR count). The highest BCUT2D eigenvalue weighted by Gasteiger charge is 2.30. The van der Waals surface area contributed by atoms with Gasteiger partial charge in [-0.15, -0.1) is 10.2 Å². The molecule has 0 spiro atoms. The number of aromatic nitrogens is 7. The monoisotopic (exact) mass is 368 g/mol. The van der Waals surface area contributed by atoms with Crippen LogP contribution in [0.4, 0.5) is 0 Å². The average molecular weight is 368 g/mol. The first kappa shape index (κ1) is 17.4. The maximum Gasteiger partial charge on any atom is 0.257 e. The van der Waals surface area contributed by atoms with Gasteiger partial charge in [0.2, 0.25) is 0 Å². The molecule has 1 aliphatic rings. The number of piperidine rings is 1. The summed E-state index contributed by atoms with van der Waals surface area (Å²) in [7, 11) is 3.83. The molecule has 1 atom stereocenters. The summed E-state index contributed by atoms with van der Waals surface area (Å²) in [5.74, 6) is 2.06. The van der Waals surface area contributed by atoms with E-state index in [2.05, 4.69) is 20.3 Å². The van der Waals surface area contributed by atoms with E-state index in [1.807, 2.05) is 41.3 Å². The van der Waals surface area contributed by atoms with E-state index in [-0.39, 0.29) is 11.8 Å². The molecule has 0 unspecified atom stereocenters. The van der Waals surface area contributed by atoms with Gasteiger partial charge in [0.05, 0.1) is 24.1 Å².